The van der Waals surface area contributed by atoms with E-state index in [9.17, 15) is 0 Å². The molecule has 0 aromatic carbocycles. The number of rotatable bonds is 2. The Bertz CT molecular complexity index is 398. The number of hydrogen-bond donors (Lipinski definition) is 2. The normalized spacial score (nSPS) is 24.8. The molecule has 0 radical (unpaired) electrons. The molecule has 1 fully saturated rings. The highest BCUT2D eigenvalue weighted by molar-refractivity contribution is 5.47. The highest BCUT2D eigenvalue weighted by Gasteiger charge is 2.19. The summed E-state index contributed by atoms with van der Waals surface area (Å²) in [7, 11) is 0. The Morgan fingerprint density at radius 3 is 3.06 bits per heavy atom. The predicted molar refractivity (Wildman–Crippen MR) is 60.9 cm³/mol. The van der Waals surface area contributed by atoms with Crippen LogP contribution >= 0.6 is 0 Å². The van der Waals surface area contributed by atoms with Crippen molar-refractivity contribution in [2.75, 3.05) is 11.9 Å². The summed E-state index contributed by atoms with van der Waals surface area (Å²) in [5.41, 5.74) is 0.369. The molecule has 0 saturated carbocycles. The van der Waals surface area contributed by atoms with Crippen LogP contribution in [0.4, 0.5) is 5.82 Å². The van der Waals surface area contributed by atoms with Gasteiger partial charge in [-0.1, -0.05) is 0 Å². The van der Waals surface area contributed by atoms with Crippen molar-refractivity contribution in [3.8, 4) is 6.07 Å². The van der Waals surface area contributed by atoms with Gasteiger partial charge < -0.3 is 10.6 Å². The summed E-state index contributed by atoms with van der Waals surface area (Å²) in [6, 6.07) is 2.93. The van der Waals surface area contributed by atoms with E-state index in [1.807, 2.05) is 6.07 Å². The Morgan fingerprint density at radius 2 is 2.31 bits per heavy atom. The number of hydrogen-bond acceptors (Lipinski definition) is 5. The fourth-order valence-electron chi connectivity index (χ4n) is 1.98. The number of nitrogens with one attached hydrogen (secondary N) is 2. The summed E-state index contributed by atoms with van der Waals surface area (Å²) >= 11 is 0. The first kappa shape index (κ1) is 10.8. The molecule has 0 spiro atoms. The third-order valence-electron chi connectivity index (χ3n) is 2.77. The lowest BCUT2D eigenvalue weighted by atomic mass is 10.0. The molecule has 2 heterocycles. The standard InChI is InChI=1S/C11H15N5/c1-8-6-9(2-3-13-8)16-11-10(7-12)14-4-5-15-11/h4-5,8-9,13H,2-3,6H2,1H3,(H,15,16). The molecule has 16 heavy (non-hydrogen) atoms. The maximum Gasteiger partial charge on any atom is 0.182 e. The Hall–Kier alpha value is -1.67. The number of aromatic nitrogens is 2. The van der Waals surface area contributed by atoms with Crippen LogP contribution in [-0.4, -0.2) is 28.6 Å². The summed E-state index contributed by atoms with van der Waals surface area (Å²) in [5.74, 6) is 0.601. The molecule has 84 valence electrons. The molecule has 5 heteroatoms. The van der Waals surface area contributed by atoms with Crippen LogP contribution in [0.5, 0.6) is 0 Å². The average Bonchev–Trinajstić information content (AvgIpc) is 2.30. The van der Waals surface area contributed by atoms with Gasteiger partial charge in [0.1, 0.15) is 6.07 Å². The van der Waals surface area contributed by atoms with Gasteiger partial charge in [0, 0.05) is 24.5 Å². The van der Waals surface area contributed by atoms with Crippen LogP contribution in [0.25, 0.3) is 0 Å². The van der Waals surface area contributed by atoms with E-state index < -0.39 is 0 Å². The summed E-state index contributed by atoms with van der Waals surface area (Å²) < 4.78 is 0. The molecule has 1 aliphatic heterocycles. The molecule has 0 amide bonds. The van der Waals surface area contributed by atoms with E-state index in [1.54, 1.807) is 6.20 Å². The van der Waals surface area contributed by atoms with Crippen LogP contribution in [0, 0.1) is 11.3 Å². The highest BCUT2D eigenvalue weighted by atomic mass is 15.1. The minimum Gasteiger partial charge on any atom is -0.365 e. The smallest absolute Gasteiger partial charge is 0.182 e. The van der Waals surface area contributed by atoms with Crippen LogP contribution in [0.15, 0.2) is 12.4 Å². The zero-order chi connectivity index (χ0) is 11.4. The minimum absolute atomic E-state index is 0.369. The number of anilines is 1. The Labute approximate surface area is 94.9 Å². The van der Waals surface area contributed by atoms with Crippen molar-refractivity contribution in [3.63, 3.8) is 0 Å². The van der Waals surface area contributed by atoms with Gasteiger partial charge in [-0.2, -0.15) is 5.26 Å². The quantitative estimate of drug-likeness (QED) is 0.770. The van der Waals surface area contributed by atoms with Crippen molar-refractivity contribution < 1.29 is 0 Å². The van der Waals surface area contributed by atoms with E-state index >= 15 is 0 Å². The first-order valence-corrected chi connectivity index (χ1v) is 5.50. The highest BCUT2D eigenvalue weighted by Crippen LogP contribution is 2.15. The molecule has 2 N–H and O–H groups in total. The zero-order valence-corrected chi connectivity index (χ0v) is 9.27. The fraction of sp³-hybridized carbons (Fsp3) is 0.545. The molecule has 5 nitrogen and oxygen atoms in total. The van der Waals surface area contributed by atoms with E-state index in [0.717, 1.165) is 19.4 Å². The second-order valence-corrected chi connectivity index (χ2v) is 4.09. The van der Waals surface area contributed by atoms with Crippen molar-refractivity contribution in [1.82, 2.24) is 15.3 Å². The Morgan fingerprint density at radius 1 is 1.50 bits per heavy atom. The van der Waals surface area contributed by atoms with Gasteiger partial charge in [0.05, 0.1) is 0 Å². The van der Waals surface area contributed by atoms with Crippen molar-refractivity contribution in [1.29, 1.82) is 5.26 Å². The predicted octanol–water partition coefficient (Wildman–Crippen LogP) is 0.901. The molecular formula is C11H15N5. The van der Waals surface area contributed by atoms with Crippen LogP contribution in [0.3, 0.4) is 0 Å². The number of nitrogens with zero attached hydrogens (tertiary/aromatic N) is 3. The van der Waals surface area contributed by atoms with Gasteiger partial charge in [0.25, 0.3) is 0 Å². The molecular weight excluding hydrogens is 202 g/mol. The Balaban J connectivity index is 2.06. The summed E-state index contributed by atoms with van der Waals surface area (Å²) in [6.45, 7) is 3.16. The number of nitriles is 1. The van der Waals surface area contributed by atoms with E-state index in [-0.39, 0.29) is 0 Å². The number of piperidine rings is 1. The first-order valence-electron chi connectivity index (χ1n) is 5.50. The van der Waals surface area contributed by atoms with Crippen molar-refractivity contribution in [2.24, 2.45) is 0 Å². The average molecular weight is 217 g/mol. The largest absolute Gasteiger partial charge is 0.365 e. The maximum absolute atomic E-state index is 8.90. The third-order valence-corrected chi connectivity index (χ3v) is 2.77. The second-order valence-electron chi connectivity index (χ2n) is 4.09. The SMILES string of the molecule is CC1CC(Nc2nccnc2C#N)CCN1. The van der Waals surface area contributed by atoms with E-state index in [4.69, 9.17) is 5.26 Å². The van der Waals surface area contributed by atoms with Crippen molar-refractivity contribution >= 4 is 5.82 Å². The third kappa shape index (κ3) is 2.47. The second kappa shape index (κ2) is 4.90. The van der Waals surface area contributed by atoms with Crippen LogP contribution in [-0.2, 0) is 0 Å². The maximum atomic E-state index is 8.90. The Kier molecular flexibility index (Phi) is 3.32. The lowest BCUT2D eigenvalue weighted by Gasteiger charge is -2.29. The molecule has 2 atom stereocenters. The van der Waals surface area contributed by atoms with Crippen LogP contribution in [0.2, 0.25) is 0 Å². The molecule has 1 saturated heterocycles. The van der Waals surface area contributed by atoms with E-state index in [1.165, 1.54) is 6.20 Å². The molecule has 0 aliphatic carbocycles. The molecule has 2 unspecified atom stereocenters. The summed E-state index contributed by atoms with van der Waals surface area (Å²) in [6.07, 6.45) is 5.23. The fourth-order valence-corrected chi connectivity index (χ4v) is 1.98. The monoisotopic (exact) mass is 217 g/mol. The van der Waals surface area contributed by atoms with Gasteiger partial charge in [0.2, 0.25) is 0 Å². The topological polar surface area (TPSA) is 73.6 Å². The first-order chi connectivity index (χ1) is 7.79. The van der Waals surface area contributed by atoms with E-state index in [0.29, 0.717) is 23.6 Å². The summed E-state index contributed by atoms with van der Waals surface area (Å²) in [4.78, 5) is 8.13. The van der Waals surface area contributed by atoms with Gasteiger partial charge in [-0.05, 0) is 26.3 Å². The van der Waals surface area contributed by atoms with Crippen LogP contribution < -0.4 is 10.6 Å². The van der Waals surface area contributed by atoms with Gasteiger partial charge in [-0.15, -0.1) is 0 Å². The van der Waals surface area contributed by atoms with E-state index in [2.05, 4.69) is 27.5 Å². The van der Waals surface area contributed by atoms with Crippen molar-refractivity contribution in [2.45, 2.75) is 31.8 Å². The lowest BCUT2D eigenvalue weighted by Crippen LogP contribution is -2.41. The van der Waals surface area contributed by atoms with Gasteiger partial charge in [-0.3, -0.25) is 0 Å². The molecule has 2 rings (SSSR count). The lowest BCUT2D eigenvalue weighted by molar-refractivity contribution is 0.395. The summed E-state index contributed by atoms with van der Waals surface area (Å²) in [5, 5.41) is 15.6. The van der Waals surface area contributed by atoms with Crippen molar-refractivity contribution in [3.05, 3.63) is 18.1 Å². The molecule has 1 aromatic heterocycles. The molecule has 0 bridgehead atoms. The van der Waals surface area contributed by atoms with Gasteiger partial charge >= 0.3 is 0 Å². The minimum atomic E-state index is 0.369. The van der Waals surface area contributed by atoms with Gasteiger partial charge in [0.15, 0.2) is 11.5 Å². The molecule has 1 aliphatic rings. The molecule has 1 aromatic rings. The van der Waals surface area contributed by atoms with Gasteiger partial charge in [-0.25, -0.2) is 9.97 Å². The zero-order valence-electron chi connectivity index (χ0n) is 9.27. The van der Waals surface area contributed by atoms with Crippen LogP contribution in [0.1, 0.15) is 25.5 Å².